The van der Waals surface area contributed by atoms with E-state index in [1.165, 1.54) is 0 Å². The van der Waals surface area contributed by atoms with Crippen molar-refractivity contribution < 1.29 is 4.79 Å². The van der Waals surface area contributed by atoms with Gasteiger partial charge in [0.05, 0.1) is 11.9 Å². The van der Waals surface area contributed by atoms with Crippen molar-refractivity contribution >= 4 is 5.78 Å². The molecule has 2 rings (SSSR count). The van der Waals surface area contributed by atoms with Crippen LogP contribution in [0.3, 0.4) is 0 Å². The van der Waals surface area contributed by atoms with Crippen LogP contribution in [-0.2, 0) is 11.3 Å². The number of hydrogen-bond donors (Lipinski definition) is 0. The SMILES string of the molecule is CCn1nncc1C1CCC(=O)C1. The first kappa shape index (κ1) is 8.41. The van der Waals surface area contributed by atoms with E-state index in [9.17, 15) is 4.79 Å². The van der Waals surface area contributed by atoms with Gasteiger partial charge in [-0.2, -0.15) is 0 Å². The molecule has 0 aromatic carbocycles. The molecule has 1 unspecified atom stereocenters. The molecule has 0 spiro atoms. The molecule has 0 N–H and O–H groups in total. The van der Waals surface area contributed by atoms with Crippen LogP contribution in [0.15, 0.2) is 6.20 Å². The molecule has 1 heterocycles. The Kier molecular flexibility index (Phi) is 2.12. The maximum Gasteiger partial charge on any atom is 0.133 e. The van der Waals surface area contributed by atoms with Crippen molar-refractivity contribution in [2.24, 2.45) is 0 Å². The molecule has 0 aliphatic heterocycles. The van der Waals surface area contributed by atoms with Gasteiger partial charge >= 0.3 is 0 Å². The number of carbonyl (C=O) groups excluding carboxylic acids is 1. The molecule has 0 bridgehead atoms. The third kappa shape index (κ3) is 1.48. The summed E-state index contributed by atoms with van der Waals surface area (Å²) in [4.78, 5) is 11.1. The van der Waals surface area contributed by atoms with E-state index in [-0.39, 0.29) is 0 Å². The van der Waals surface area contributed by atoms with Crippen LogP contribution >= 0.6 is 0 Å². The number of aromatic nitrogens is 3. The molecule has 1 aromatic heterocycles. The van der Waals surface area contributed by atoms with Gasteiger partial charge < -0.3 is 0 Å². The summed E-state index contributed by atoms with van der Waals surface area (Å²) >= 11 is 0. The molecule has 0 radical (unpaired) electrons. The Balaban J connectivity index is 2.20. The van der Waals surface area contributed by atoms with Crippen LogP contribution in [0.2, 0.25) is 0 Å². The Morgan fingerprint density at radius 2 is 2.54 bits per heavy atom. The first-order valence-electron chi connectivity index (χ1n) is 4.71. The van der Waals surface area contributed by atoms with Crippen molar-refractivity contribution in [3.63, 3.8) is 0 Å². The molecular weight excluding hydrogens is 166 g/mol. The lowest BCUT2D eigenvalue weighted by atomic mass is 10.1. The molecule has 0 amide bonds. The Bertz CT molecular complexity index is 318. The van der Waals surface area contributed by atoms with Gasteiger partial charge in [0.15, 0.2) is 0 Å². The maximum absolute atomic E-state index is 11.1. The molecule has 1 aliphatic carbocycles. The lowest BCUT2D eigenvalue weighted by Crippen LogP contribution is -2.06. The smallest absolute Gasteiger partial charge is 0.133 e. The van der Waals surface area contributed by atoms with Crippen molar-refractivity contribution in [1.29, 1.82) is 0 Å². The summed E-state index contributed by atoms with van der Waals surface area (Å²) < 4.78 is 1.88. The first-order valence-corrected chi connectivity index (χ1v) is 4.71. The molecule has 1 saturated carbocycles. The summed E-state index contributed by atoms with van der Waals surface area (Å²) in [6.45, 7) is 2.87. The lowest BCUT2D eigenvalue weighted by molar-refractivity contribution is -0.117. The largest absolute Gasteiger partial charge is 0.300 e. The summed E-state index contributed by atoms with van der Waals surface area (Å²) in [6.07, 6.45) is 4.14. The standard InChI is InChI=1S/C9H13N3O/c1-2-12-9(6-10-11-12)7-3-4-8(13)5-7/h6-7H,2-5H2,1H3. The van der Waals surface area contributed by atoms with E-state index in [1.54, 1.807) is 6.20 Å². The van der Waals surface area contributed by atoms with Gasteiger partial charge in [0, 0.05) is 25.3 Å². The van der Waals surface area contributed by atoms with E-state index in [2.05, 4.69) is 10.3 Å². The monoisotopic (exact) mass is 179 g/mol. The molecular formula is C9H13N3O. The van der Waals surface area contributed by atoms with Gasteiger partial charge in [-0.3, -0.25) is 4.79 Å². The second-order valence-electron chi connectivity index (χ2n) is 3.45. The molecule has 4 nitrogen and oxygen atoms in total. The Morgan fingerprint density at radius 3 is 3.15 bits per heavy atom. The molecule has 1 atom stereocenters. The van der Waals surface area contributed by atoms with E-state index < -0.39 is 0 Å². The van der Waals surface area contributed by atoms with Crippen LogP contribution in [0.25, 0.3) is 0 Å². The van der Waals surface area contributed by atoms with E-state index in [1.807, 2.05) is 11.6 Å². The van der Waals surface area contributed by atoms with Gasteiger partial charge in [0.25, 0.3) is 0 Å². The number of aryl methyl sites for hydroxylation is 1. The second kappa shape index (κ2) is 3.28. The fraction of sp³-hybridized carbons (Fsp3) is 0.667. The number of hydrogen-bond acceptors (Lipinski definition) is 3. The van der Waals surface area contributed by atoms with Crippen molar-refractivity contribution in [1.82, 2.24) is 15.0 Å². The normalized spacial score (nSPS) is 22.5. The van der Waals surface area contributed by atoms with Crippen molar-refractivity contribution in [3.05, 3.63) is 11.9 Å². The lowest BCUT2D eigenvalue weighted by Gasteiger charge is -2.08. The highest BCUT2D eigenvalue weighted by atomic mass is 16.1. The van der Waals surface area contributed by atoms with Crippen molar-refractivity contribution in [2.45, 2.75) is 38.6 Å². The molecule has 1 fully saturated rings. The average molecular weight is 179 g/mol. The fourth-order valence-electron chi connectivity index (χ4n) is 1.89. The summed E-state index contributed by atoms with van der Waals surface area (Å²) in [5.74, 6) is 0.733. The second-order valence-corrected chi connectivity index (χ2v) is 3.45. The van der Waals surface area contributed by atoms with Crippen LogP contribution in [0.5, 0.6) is 0 Å². The Labute approximate surface area is 76.9 Å². The third-order valence-electron chi connectivity index (χ3n) is 2.61. The van der Waals surface area contributed by atoms with E-state index in [4.69, 9.17) is 0 Å². The van der Waals surface area contributed by atoms with Gasteiger partial charge in [-0.1, -0.05) is 5.21 Å². The quantitative estimate of drug-likeness (QED) is 0.683. The highest BCUT2D eigenvalue weighted by Crippen LogP contribution is 2.31. The van der Waals surface area contributed by atoms with E-state index in [0.717, 1.165) is 25.1 Å². The third-order valence-corrected chi connectivity index (χ3v) is 2.61. The van der Waals surface area contributed by atoms with E-state index in [0.29, 0.717) is 18.1 Å². The Morgan fingerprint density at radius 1 is 1.69 bits per heavy atom. The predicted molar refractivity (Wildman–Crippen MR) is 47.3 cm³/mol. The van der Waals surface area contributed by atoms with Gasteiger partial charge in [0.2, 0.25) is 0 Å². The number of rotatable bonds is 2. The zero-order valence-corrected chi connectivity index (χ0v) is 7.73. The maximum atomic E-state index is 11.1. The van der Waals surface area contributed by atoms with Crippen LogP contribution in [0.1, 0.15) is 37.8 Å². The van der Waals surface area contributed by atoms with Crippen LogP contribution in [0.4, 0.5) is 0 Å². The first-order chi connectivity index (χ1) is 6.31. The van der Waals surface area contributed by atoms with Gasteiger partial charge in [0.1, 0.15) is 5.78 Å². The van der Waals surface area contributed by atoms with Gasteiger partial charge in [-0.25, -0.2) is 4.68 Å². The van der Waals surface area contributed by atoms with Gasteiger partial charge in [-0.15, -0.1) is 5.10 Å². The van der Waals surface area contributed by atoms with Crippen LogP contribution < -0.4 is 0 Å². The molecule has 1 aliphatic rings. The molecule has 1 aromatic rings. The van der Waals surface area contributed by atoms with Crippen molar-refractivity contribution in [2.75, 3.05) is 0 Å². The minimum atomic E-state index is 0.363. The molecule has 4 heteroatoms. The minimum Gasteiger partial charge on any atom is -0.300 e. The fourth-order valence-corrected chi connectivity index (χ4v) is 1.89. The number of nitrogens with zero attached hydrogens (tertiary/aromatic N) is 3. The number of carbonyl (C=O) groups is 1. The zero-order chi connectivity index (χ0) is 9.26. The van der Waals surface area contributed by atoms with Crippen LogP contribution in [0, 0.1) is 0 Å². The summed E-state index contributed by atoms with van der Waals surface area (Å²) in [7, 11) is 0. The van der Waals surface area contributed by atoms with Crippen LogP contribution in [-0.4, -0.2) is 20.8 Å². The molecule has 0 saturated heterocycles. The van der Waals surface area contributed by atoms with Gasteiger partial charge in [-0.05, 0) is 13.3 Å². The average Bonchev–Trinajstić information content (AvgIpc) is 2.71. The summed E-state index contributed by atoms with van der Waals surface area (Å²) in [5, 5.41) is 7.82. The summed E-state index contributed by atoms with van der Waals surface area (Å²) in [5.41, 5.74) is 1.12. The number of ketones is 1. The van der Waals surface area contributed by atoms with Crippen molar-refractivity contribution in [3.8, 4) is 0 Å². The molecule has 13 heavy (non-hydrogen) atoms. The highest BCUT2D eigenvalue weighted by molar-refractivity contribution is 5.81. The Hall–Kier alpha value is -1.19. The highest BCUT2D eigenvalue weighted by Gasteiger charge is 2.26. The zero-order valence-electron chi connectivity index (χ0n) is 7.73. The van der Waals surface area contributed by atoms with E-state index >= 15 is 0 Å². The number of Topliss-reactive ketones (excluding diaryl/α,β-unsaturated/α-hetero) is 1. The summed E-state index contributed by atoms with van der Waals surface area (Å²) in [6, 6.07) is 0. The molecule has 70 valence electrons. The predicted octanol–water partition coefficient (Wildman–Crippen LogP) is 1.13. The topological polar surface area (TPSA) is 47.8 Å². The minimum absolute atomic E-state index is 0.363.